The number of hydrogen-bond acceptors (Lipinski definition) is 5. The smallest absolute Gasteiger partial charge is 0.290 e. The van der Waals surface area contributed by atoms with E-state index < -0.39 is 6.04 Å². The molecule has 1 atom stereocenters. The van der Waals surface area contributed by atoms with Crippen molar-refractivity contribution in [2.75, 3.05) is 11.9 Å². The molecule has 0 unspecified atom stereocenters. The third-order valence-corrected chi connectivity index (χ3v) is 5.32. The van der Waals surface area contributed by atoms with Crippen molar-refractivity contribution >= 4 is 28.3 Å². The number of piperidine rings is 1. The highest BCUT2D eigenvalue weighted by molar-refractivity contribution is 7.13. The number of hydrogen-bond donors (Lipinski definition) is 1. The number of aromatic nitrogens is 1. The zero-order valence-electron chi connectivity index (χ0n) is 13.2. The van der Waals surface area contributed by atoms with Gasteiger partial charge in [0.15, 0.2) is 10.9 Å². The van der Waals surface area contributed by atoms with E-state index in [0.717, 1.165) is 18.5 Å². The molecule has 2 aromatic heterocycles. The average molecular weight is 345 g/mol. The number of likely N-dealkylation sites (tertiary alicyclic amines) is 1. The van der Waals surface area contributed by atoms with Crippen molar-refractivity contribution < 1.29 is 14.0 Å². The van der Waals surface area contributed by atoms with E-state index >= 15 is 0 Å². The SMILES string of the molecule is O=C(Nc1nc(C2CC2)cs1)[C@H]1CCCCN1C(=O)c1ccco1. The number of nitrogens with zero attached hydrogens (tertiary/aromatic N) is 2. The summed E-state index contributed by atoms with van der Waals surface area (Å²) < 4.78 is 5.20. The molecule has 1 aliphatic carbocycles. The van der Waals surface area contributed by atoms with Crippen molar-refractivity contribution in [3.63, 3.8) is 0 Å². The Morgan fingerprint density at radius 3 is 2.92 bits per heavy atom. The van der Waals surface area contributed by atoms with E-state index in [-0.39, 0.29) is 17.6 Å². The molecule has 2 aromatic rings. The number of rotatable bonds is 4. The molecule has 1 aliphatic heterocycles. The van der Waals surface area contributed by atoms with Gasteiger partial charge < -0.3 is 14.6 Å². The van der Waals surface area contributed by atoms with Crippen molar-refractivity contribution in [3.05, 3.63) is 35.2 Å². The van der Waals surface area contributed by atoms with E-state index in [1.165, 1.54) is 30.4 Å². The topological polar surface area (TPSA) is 75.4 Å². The molecule has 0 bridgehead atoms. The quantitative estimate of drug-likeness (QED) is 0.923. The van der Waals surface area contributed by atoms with Crippen LogP contribution in [0.5, 0.6) is 0 Å². The zero-order chi connectivity index (χ0) is 16.5. The molecule has 2 amide bonds. The van der Waals surface area contributed by atoms with Gasteiger partial charge in [-0.2, -0.15) is 0 Å². The lowest BCUT2D eigenvalue weighted by Gasteiger charge is -2.33. The van der Waals surface area contributed by atoms with Gasteiger partial charge in [-0.15, -0.1) is 11.3 Å². The minimum absolute atomic E-state index is 0.161. The van der Waals surface area contributed by atoms with Gasteiger partial charge in [0.25, 0.3) is 5.91 Å². The lowest BCUT2D eigenvalue weighted by atomic mass is 10.0. The van der Waals surface area contributed by atoms with Crippen molar-refractivity contribution in [2.24, 2.45) is 0 Å². The van der Waals surface area contributed by atoms with Crippen LogP contribution in [-0.2, 0) is 4.79 Å². The number of furan rings is 1. The molecule has 24 heavy (non-hydrogen) atoms. The van der Waals surface area contributed by atoms with Crippen LogP contribution < -0.4 is 5.32 Å². The molecule has 0 radical (unpaired) electrons. The summed E-state index contributed by atoms with van der Waals surface area (Å²) in [4.78, 5) is 31.4. The Balaban J connectivity index is 1.46. The van der Waals surface area contributed by atoms with Crippen LogP contribution >= 0.6 is 11.3 Å². The summed E-state index contributed by atoms with van der Waals surface area (Å²) in [6, 6.07) is 2.85. The number of thiazole rings is 1. The van der Waals surface area contributed by atoms with Crippen LogP contribution in [0.4, 0.5) is 5.13 Å². The molecule has 2 aliphatic rings. The first kappa shape index (κ1) is 15.4. The Bertz CT molecular complexity index is 736. The lowest BCUT2D eigenvalue weighted by Crippen LogP contribution is -2.49. The first-order chi connectivity index (χ1) is 11.7. The maximum absolute atomic E-state index is 12.7. The van der Waals surface area contributed by atoms with Gasteiger partial charge in [-0.05, 0) is 44.2 Å². The number of carbonyl (C=O) groups is 2. The van der Waals surface area contributed by atoms with Gasteiger partial charge in [0.1, 0.15) is 6.04 Å². The van der Waals surface area contributed by atoms with Gasteiger partial charge in [0.05, 0.1) is 12.0 Å². The van der Waals surface area contributed by atoms with Crippen LogP contribution in [0.25, 0.3) is 0 Å². The molecular formula is C17H19N3O3S. The van der Waals surface area contributed by atoms with Crippen LogP contribution in [0.1, 0.15) is 54.3 Å². The van der Waals surface area contributed by atoms with E-state index in [0.29, 0.717) is 24.0 Å². The Morgan fingerprint density at radius 2 is 2.17 bits per heavy atom. The molecule has 6 nitrogen and oxygen atoms in total. The number of nitrogens with one attached hydrogen (secondary N) is 1. The fourth-order valence-corrected chi connectivity index (χ4v) is 3.88. The molecule has 7 heteroatoms. The summed E-state index contributed by atoms with van der Waals surface area (Å²) in [6.07, 6.45) is 6.35. The molecule has 2 fully saturated rings. The largest absolute Gasteiger partial charge is 0.459 e. The van der Waals surface area contributed by atoms with Gasteiger partial charge in [-0.25, -0.2) is 4.98 Å². The van der Waals surface area contributed by atoms with Crippen LogP contribution in [0.2, 0.25) is 0 Å². The first-order valence-corrected chi connectivity index (χ1v) is 9.21. The Kier molecular flexibility index (Phi) is 4.10. The fraction of sp³-hybridized carbons (Fsp3) is 0.471. The third kappa shape index (κ3) is 3.08. The predicted molar refractivity (Wildman–Crippen MR) is 90.1 cm³/mol. The molecule has 126 valence electrons. The molecule has 1 saturated carbocycles. The van der Waals surface area contributed by atoms with Crippen molar-refractivity contribution in [1.82, 2.24) is 9.88 Å². The standard InChI is InChI=1S/C17H19N3O3S/c21-15(19-17-18-12(10-24-17)11-6-7-11)13-4-1-2-8-20(13)16(22)14-5-3-9-23-14/h3,5,9-11,13H,1-2,4,6-8H2,(H,18,19,21)/t13-/m1/s1. The number of carbonyl (C=O) groups excluding carboxylic acids is 2. The minimum Gasteiger partial charge on any atom is -0.459 e. The maximum Gasteiger partial charge on any atom is 0.290 e. The first-order valence-electron chi connectivity index (χ1n) is 8.33. The van der Waals surface area contributed by atoms with Crippen molar-refractivity contribution in [3.8, 4) is 0 Å². The van der Waals surface area contributed by atoms with E-state index in [1.807, 2.05) is 5.38 Å². The van der Waals surface area contributed by atoms with E-state index in [2.05, 4.69) is 10.3 Å². The van der Waals surface area contributed by atoms with E-state index in [1.54, 1.807) is 17.0 Å². The minimum atomic E-state index is -0.468. The molecule has 4 rings (SSSR count). The third-order valence-electron chi connectivity index (χ3n) is 4.55. The Morgan fingerprint density at radius 1 is 1.29 bits per heavy atom. The number of amides is 2. The van der Waals surface area contributed by atoms with Gasteiger partial charge >= 0.3 is 0 Å². The van der Waals surface area contributed by atoms with E-state index in [9.17, 15) is 9.59 Å². The fourth-order valence-electron chi connectivity index (χ4n) is 3.09. The number of anilines is 1. The van der Waals surface area contributed by atoms with Gasteiger partial charge in [0.2, 0.25) is 5.91 Å². The second-order valence-corrected chi connectivity index (χ2v) is 7.19. The van der Waals surface area contributed by atoms with Gasteiger partial charge in [-0.3, -0.25) is 9.59 Å². The van der Waals surface area contributed by atoms with Crippen molar-refractivity contribution in [1.29, 1.82) is 0 Å². The Labute approximate surface area is 143 Å². The molecule has 0 aromatic carbocycles. The summed E-state index contributed by atoms with van der Waals surface area (Å²) in [5, 5.41) is 5.53. The summed E-state index contributed by atoms with van der Waals surface area (Å²) in [7, 11) is 0. The highest BCUT2D eigenvalue weighted by Gasteiger charge is 2.34. The van der Waals surface area contributed by atoms with Crippen LogP contribution in [0.15, 0.2) is 28.2 Å². The zero-order valence-corrected chi connectivity index (χ0v) is 14.1. The summed E-state index contributed by atoms with van der Waals surface area (Å²) in [6.45, 7) is 0.572. The van der Waals surface area contributed by atoms with Gasteiger partial charge in [-0.1, -0.05) is 0 Å². The second kappa shape index (κ2) is 6.39. The highest BCUT2D eigenvalue weighted by atomic mass is 32.1. The monoisotopic (exact) mass is 345 g/mol. The summed E-state index contributed by atoms with van der Waals surface area (Å²) in [5.74, 6) is 0.461. The second-order valence-electron chi connectivity index (χ2n) is 6.33. The Hall–Kier alpha value is -2.15. The van der Waals surface area contributed by atoms with Gasteiger partial charge in [0, 0.05) is 17.8 Å². The highest BCUT2D eigenvalue weighted by Crippen LogP contribution is 2.40. The van der Waals surface area contributed by atoms with Crippen LogP contribution in [-0.4, -0.2) is 34.3 Å². The molecule has 3 heterocycles. The normalized spacial score (nSPS) is 20.8. The maximum atomic E-state index is 12.7. The average Bonchev–Trinajstić information content (AvgIpc) is 3.11. The van der Waals surface area contributed by atoms with Crippen molar-refractivity contribution in [2.45, 2.75) is 44.1 Å². The molecule has 1 N–H and O–H groups in total. The van der Waals surface area contributed by atoms with E-state index in [4.69, 9.17) is 4.42 Å². The summed E-state index contributed by atoms with van der Waals surface area (Å²) >= 11 is 1.45. The molecular weight excluding hydrogens is 326 g/mol. The predicted octanol–water partition coefficient (Wildman–Crippen LogP) is 3.25. The van der Waals surface area contributed by atoms with Crippen LogP contribution in [0, 0.1) is 0 Å². The van der Waals surface area contributed by atoms with Crippen LogP contribution in [0.3, 0.4) is 0 Å². The summed E-state index contributed by atoms with van der Waals surface area (Å²) in [5.41, 5.74) is 1.07. The lowest BCUT2D eigenvalue weighted by molar-refractivity contribution is -0.121. The molecule has 0 spiro atoms. The molecule has 1 saturated heterocycles.